The molecule has 0 saturated carbocycles. The first-order valence-electron chi connectivity index (χ1n) is 9.07. The summed E-state index contributed by atoms with van der Waals surface area (Å²) in [5.74, 6) is 0.452. The molecular weight excluding hydrogens is 376 g/mol. The number of fused-ring (bicyclic) bond motifs is 1. The molecule has 1 N–H and O–H groups in total. The van der Waals surface area contributed by atoms with Crippen LogP contribution in [0.25, 0.3) is 0 Å². The van der Waals surface area contributed by atoms with Gasteiger partial charge < -0.3 is 9.73 Å². The molecule has 0 fully saturated rings. The van der Waals surface area contributed by atoms with Crippen molar-refractivity contribution < 1.29 is 17.6 Å². The predicted octanol–water partition coefficient (Wildman–Crippen LogP) is 3.35. The molecule has 1 amide bonds. The van der Waals surface area contributed by atoms with Gasteiger partial charge in [0.2, 0.25) is 0 Å². The number of aryl methyl sites for hydroxylation is 1. The molecular formula is C21H20N2O4S. The Labute approximate surface area is 163 Å². The van der Waals surface area contributed by atoms with Crippen LogP contribution in [0.5, 0.6) is 0 Å². The molecule has 1 aliphatic heterocycles. The Morgan fingerprint density at radius 3 is 2.64 bits per heavy atom. The average Bonchev–Trinajstić information content (AvgIpc) is 3.25. The summed E-state index contributed by atoms with van der Waals surface area (Å²) in [6.07, 6.45) is 2.99. The highest BCUT2D eigenvalue weighted by molar-refractivity contribution is 7.92. The summed E-state index contributed by atoms with van der Waals surface area (Å²) < 4.78 is 32.7. The van der Waals surface area contributed by atoms with Crippen molar-refractivity contribution in [2.24, 2.45) is 0 Å². The number of nitrogens with zero attached hydrogens (tertiary/aromatic N) is 1. The fourth-order valence-electron chi connectivity index (χ4n) is 3.36. The molecule has 2 aromatic carbocycles. The summed E-state index contributed by atoms with van der Waals surface area (Å²) >= 11 is 0. The van der Waals surface area contributed by atoms with E-state index in [0.29, 0.717) is 36.5 Å². The summed E-state index contributed by atoms with van der Waals surface area (Å²) in [6.45, 7) is 0.728. The molecule has 4 rings (SSSR count). The lowest BCUT2D eigenvalue weighted by atomic mass is 10.0. The molecule has 144 valence electrons. The van der Waals surface area contributed by atoms with Crippen LogP contribution in [0.15, 0.2) is 76.2 Å². The van der Waals surface area contributed by atoms with Gasteiger partial charge in [0.05, 0.1) is 23.4 Å². The van der Waals surface area contributed by atoms with E-state index < -0.39 is 10.0 Å². The standard InChI is InChI=1S/C21H20N2O4S/c24-21(22-15-18-7-5-13-27-18)17-10-11-20-16(14-17)6-4-12-23(20)28(25,26)19-8-2-1-3-9-19/h1-3,5,7-11,13-14H,4,6,12,15H2,(H,22,24). The van der Waals surface area contributed by atoms with E-state index in [9.17, 15) is 13.2 Å². The molecule has 0 radical (unpaired) electrons. The Hall–Kier alpha value is -3.06. The van der Waals surface area contributed by atoms with Gasteiger partial charge in [-0.3, -0.25) is 9.10 Å². The monoisotopic (exact) mass is 396 g/mol. The van der Waals surface area contributed by atoms with Gasteiger partial charge in [-0.25, -0.2) is 8.42 Å². The zero-order valence-corrected chi connectivity index (χ0v) is 16.0. The Morgan fingerprint density at radius 2 is 1.89 bits per heavy atom. The molecule has 1 aromatic heterocycles. The first-order valence-corrected chi connectivity index (χ1v) is 10.5. The summed E-state index contributed by atoms with van der Waals surface area (Å²) in [5, 5.41) is 2.81. The van der Waals surface area contributed by atoms with E-state index in [-0.39, 0.29) is 10.8 Å². The molecule has 0 atom stereocenters. The van der Waals surface area contributed by atoms with Crippen molar-refractivity contribution in [3.05, 3.63) is 83.8 Å². The third kappa shape index (κ3) is 3.53. The SMILES string of the molecule is O=C(NCc1ccco1)c1ccc2c(c1)CCCN2S(=O)(=O)c1ccccc1. The van der Waals surface area contributed by atoms with Gasteiger partial charge in [0.25, 0.3) is 15.9 Å². The molecule has 1 aliphatic rings. The van der Waals surface area contributed by atoms with Gasteiger partial charge in [-0.2, -0.15) is 0 Å². The molecule has 3 aromatic rings. The molecule has 0 spiro atoms. The number of rotatable bonds is 5. The number of nitrogens with one attached hydrogen (secondary N) is 1. The van der Waals surface area contributed by atoms with Crippen LogP contribution < -0.4 is 9.62 Å². The summed E-state index contributed by atoms with van der Waals surface area (Å²) in [7, 11) is -3.63. The number of hydrogen-bond donors (Lipinski definition) is 1. The smallest absolute Gasteiger partial charge is 0.264 e. The first-order chi connectivity index (χ1) is 13.6. The zero-order valence-electron chi connectivity index (χ0n) is 15.2. The number of carbonyl (C=O) groups is 1. The minimum absolute atomic E-state index is 0.220. The average molecular weight is 396 g/mol. The number of amides is 1. The number of furan rings is 1. The van der Waals surface area contributed by atoms with Gasteiger partial charge in [-0.1, -0.05) is 18.2 Å². The topological polar surface area (TPSA) is 79.6 Å². The molecule has 28 heavy (non-hydrogen) atoms. The molecule has 7 heteroatoms. The summed E-state index contributed by atoms with van der Waals surface area (Å²) in [5.41, 5.74) is 2.00. The van der Waals surface area contributed by atoms with E-state index in [2.05, 4.69) is 5.32 Å². The first kappa shape index (κ1) is 18.3. The number of carbonyl (C=O) groups excluding carboxylic acids is 1. The van der Waals surface area contributed by atoms with E-state index in [1.807, 2.05) is 0 Å². The van der Waals surface area contributed by atoms with Gasteiger partial charge in [-0.15, -0.1) is 0 Å². The van der Waals surface area contributed by atoms with Crippen LogP contribution in [0.1, 0.15) is 28.1 Å². The molecule has 0 saturated heterocycles. The summed E-state index contributed by atoms with van der Waals surface area (Å²) in [4.78, 5) is 12.7. The van der Waals surface area contributed by atoms with Gasteiger partial charge in [-0.05, 0) is 60.9 Å². The van der Waals surface area contributed by atoms with Crippen molar-refractivity contribution in [2.75, 3.05) is 10.8 Å². The minimum Gasteiger partial charge on any atom is -0.467 e. The number of benzene rings is 2. The van der Waals surface area contributed by atoms with Crippen LogP contribution in [0.2, 0.25) is 0 Å². The molecule has 6 nitrogen and oxygen atoms in total. The second kappa shape index (κ2) is 7.52. The van der Waals surface area contributed by atoms with Gasteiger partial charge in [0, 0.05) is 12.1 Å². The van der Waals surface area contributed by atoms with E-state index in [4.69, 9.17) is 4.42 Å². The number of anilines is 1. The van der Waals surface area contributed by atoms with Crippen molar-refractivity contribution in [2.45, 2.75) is 24.3 Å². The fourth-order valence-corrected chi connectivity index (χ4v) is 4.92. The quantitative estimate of drug-likeness (QED) is 0.717. The molecule has 0 aliphatic carbocycles. The van der Waals surface area contributed by atoms with Crippen LogP contribution in [0.4, 0.5) is 5.69 Å². The second-order valence-electron chi connectivity index (χ2n) is 6.60. The van der Waals surface area contributed by atoms with Crippen molar-refractivity contribution >= 4 is 21.6 Å². The largest absolute Gasteiger partial charge is 0.467 e. The molecule has 2 heterocycles. The van der Waals surface area contributed by atoms with E-state index in [1.54, 1.807) is 66.9 Å². The van der Waals surface area contributed by atoms with Crippen LogP contribution in [-0.4, -0.2) is 20.9 Å². The third-order valence-corrected chi connectivity index (χ3v) is 6.58. The lowest BCUT2D eigenvalue weighted by Crippen LogP contribution is -2.35. The Bertz CT molecular complexity index is 1080. The maximum absolute atomic E-state index is 13.0. The van der Waals surface area contributed by atoms with Crippen LogP contribution >= 0.6 is 0 Å². The maximum atomic E-state index is 13.0. The van der Waals surface area contributed by atoms with Gasteiger partial charge >= 0.3 is 0 Å². The normalized spacial score (nSPS) is 13.8. The van der Waals surface area contributed by atoms with Crippen LogP contribution in [0, 0.1) is 0 Å². The highest BCUT2D eigenvalue weighted by Gasteiger charge is 2.29. The van der Waals surface area contributed by atoms with Gasteiger partial charge in [0.1, 0.15) is 5.76 Å². The summed E-state index contributed by atoms with van der Waals surface area (Å²) in [6, 6.07) is 17.1. The lowest BCUT2D eigenvalue weighted by Gasteiger charge is -2.30. The highest BCUT2D eigenvalue weighted by atomic mass is 32.2. The van der Waals surface area contributed by atoms with Crippen LogP contribution in [0.3, 0.4) is 0 Å². The fraction of sp³-hybridized carbons (Fsp3) is 0.190. The van der Waals surface area contributed by atoms with E-state index in [0.717, 1.165) is 12.0 Å². The Morgan fingerprint density at radius 1 is 1.07 bits per heavy atom. The van der Waals surface area contributed by atoms with E-state index in [1.165, 1.54) is 4.31 Å². The Kier molecular flexibility index (Phi) is 4.92. The van der Waals surface area contributed by atoms with Crippen molar-refractivity contribution in [3.63, 3.8) is 0 Å². The van der Waals surface area contributed by atoms with E-state index >= 15 is 0 Å². The number of sulfonamides is 1. The highest BCUT2D eigenvalue weighted by Crippen LogP contribution is 2.32. The molecule has 0 unspecified atom stereocenters. The predicted molar refractivity (Wildman–Crippen MR) is 106 cm³/mol. The van der Waals surface area contributed by atoms with Crippen molar-refractivity contribution in [1.29, 1.82) is 0 Å². The maximum Gasteiger partial charge on any atom is 0.264 e. The van der Waals surface area contributed by atoms with Gasteiger partial charge in [0.15, 0.2) is 0 Å². The number of hydrogen-bond acceptors (Lipinski definition) is 4. The zero-order chi connectivity index (χ0) is 19.6. The molecule has 0 bridgehead atoms. The van der Waals surface area contributed by atoms with Crippen molar-refractivity contribution in [3.8, 4) is 0 Å². The third-order valence-electron chi connectivity index (χ3n) is 4.75. The Balaban J connectivity index is 1.58. The van der Waals surface area contributed by atoms with Crippen LogP contribution in [-0.2, 0) is 23.0 Å². The lowest BCUT2D eigenvalue weighted by molar-refractivity contribution is 0.0948. The van der Waals surface area contributed by atoms with Crippen molar-refractivity contribution in [1.82, 2.24) is 5.32 Å². The minimum atomic E-state index is -3.63. The second-order valence-corrected chi connectivity index (χ2v) is 8.46.